The van der Waals surface area contributed by atoms with Gasteiger partial charge in [0.2, 0.25) is 0 Å². The van der Waals surface area contributed by atoms with Crippen LogP contribution in [0.1, 0.15) is 0 Å². The Labute approximate surface area is 106 Å². The number of rotatable bonds is 1. The third-order valence-corrected chi connectivity index (χ3v) is 3.74. The number of fused-ring (bicyclic) bond motifs is 1. The van der Waals surface area contributed by atoms with Gasteiger partial charge in [-0.25, -0.2) is 8.35 Å². The highest BCUT2D eigenvalue weighted by atomic mass is 32.1. The minimum absolute atomic E-state index is 0.152. The van der Waals surface area contributed by atoms with Crippen LogP contribution in [0.4, 0.5) is 10.1 Å². The smallest absolute Gasteiger partial charge is 0.273 e. The number of halogens is 1. The standard InChI is InChI=1S/C13H9FN2OS/c14-8-5-9(15)7-10(6-8)16-13(17)11-3-1-2-4-12(11)18-16/h1-7H,15H2. The van der Waals surface area contributed by atoms with E-state index in [0.717, 1.165) is 4.70 Å². The third kappa shape index (κ3) is 1.69. The SMILES string of the molecule is Nc1cc(F)cc(-n2sc3ccccc3c2=O)c1. The molecule has 0 aliphatic rings. The van der Waals surface area contributed by atoms with Gasteiger partial charge in [-0.3, -0.25) is 4.79 Å². The molecule has 0 bridgehead atoms. The number of nitrogen functional groups attached to an aromatic ring is 1. The Bertz CT molecular complexity index is 771. The van der Waals surface area contributed by atoms with Gasteiger partial charge in [-0.05, 0) is 30.3 Å². The molecule has 1 aromatic heterocycles. The summed E-state index contributed by atoms with van der Waals surface area (Å²) >= 11 is 1.28. The number of anilines is 1. The number of benzene rings is 2. The molecule has 0 unspecified atom stereocenters. The van der Waals surface area contributed by atoms with Crippen LogP contribution in [0.25, 0.3) is 15.8 Å². The number of hydrogen-bond acceptors (Lipinski definition) is 3. The van der Waals surface area contributed by atoms with Gasteiger partial charge in [-0.1, -0.05) is 23.7 Å². The van der Waals surface area contributed by atoms with Crippen molar-refractivity contribution in [1.82, 2.24) is 3.96 Å². The molecular formula is C13H9FN2OS. The molecule has 0 aliphatic carbocycles. The van der Waals surface area contributed by atoms with Crippen molar-refractivity contribution in [2.75, 3.05) is 5.73 Å². The fraction of sp³-hybridized carbons (Fsp3) is 0. The lowest BCUT2D eigenvalue weighted by Crippen LogP contribution is -2.11. The summed E-state index contributed by atoms with van der Waals surface area (Å²) in [7, 11) is 0. The van der Waals surface area contributed by atoms with E-state index in [1.165, 1.54) is 27.6 Å². The van der Waals surface area contributed by atoms with Gasteiger partial charge in [-0.2, -0.15) is 0 Å². The molecule has 0 radical (unpaired) electrons. The summed E-state index contributed by atoms with van der Waals surface area (Å²) in [6.07, 6.45) is 0. The minimum Gasteiger partial charge on any atom is -0.399 e. The minimum atomic E-state index is -0.450. The first-order chi connectivity index (χ1) is 8.65. The summed E-state index contributed by atoms with van der Waals surface area (Å²) in [5.41, 5.74) is 6.20. The van der Waals surface area contributed by atoms with Crippen LogP contribution in [0.2, 0.25) is 0 Å². The molecule has 0 amide bonds. The largest absolute Gasteiger partial charge is 0.399 e. The van der Waals surface area contributed by atoms with Crippen molar-refractivity contribution in [2.24, 2.45) is 0 Å². The van der Waals surface area contributed by atoms with Crippen LogP contribution in [-0.2, 0) is 0 Å². The highest BCUT2D eigenvalue weighted by Crippen LogP contribution is 2.21. The monoisotopic (exact) mass is 260 g/mol. The molecule has 0 aliphatic heterocycles. The molecule has 0 saturated heterocycles. The zero-order valence-corrected chi connectivity index (χ0v) is 10.1. The van der Waals surface area contributed by atoms with Crippen molar-refractivity contribution < 1.29 is 4.39 Å². The number of nitrogens with zero attached hydrogens (tertiary/aromatic N) is 1. The molecule has 0 saturated carbocycles. The van der Waals surface area contributed by atoms with Gasteiger partial charge in [0.05, 0.1) is 15.8 Å². The molecule has 3 rings (SSSR count). The maximum absolute atomic E-state index is 13.3. The van der Waals surface area contributed by atoms with E-state index in [9.17, 15) is 9.18 Å². The predicted molar refractivity (Wildman–Crippen MR) is 71.8 cm³/mol. The summed E-state index contributed by atoms with van der Waals surface area (Å²) in [5, 5.41) is 0.630. The molecule has 5 heteroatoms. The molecular weight excluding hydrogens is 251 g/mol. The van der Waals surface area contributed by atoms with E-state index in [-0.39, 0.29) is 5.56 Å². The number of nitrogens with two attached hydrogens (primary N) is 1. The normalized spacial score (nSPS) is 10.9. The Kier molecular flexibility index (Phi) is 2.41. The topological polar surface area (TPSA) is 48.0 Å². The van der Waals surface area contributed by atoms with Crippen molar-refractivity contribution >= 4 is 27.3 Å². The van der Waals surface area contributed by atoms with Crippen LogP contribution in [0.3, 0.4) is 0 Å². The van der Waals surface area contributed by atoms with Gasteiger partial charge in [0.1, 0.15) is 5.82 Å². The van der Waals surface area contributed by atoms with Crippen molar-refractivity contribution in [3.8, 4) is 5.69 Å². The van der Waals surface area contributed by atoms with Crippen LogP contribution in [-0.4, -0.2) is 3.96 Å². The van der Waals surface area contributed by atoms with E-state index in [2.05, 4.69) is 0 Å². The van der Waals surface area contributed by atoms with E-state index in [1.807, 2.05) is 12.1 Å². The van der Waals surface area contributed by atoms with Gasteiger partial charge in [0.25, 0.3) is 5.56 Å². The Morgan fingerprint density at radius 2 is 1.94 bits per heavy atom. The lowest BCUT2D eigenvalue weighted by atomic mass is 10.2. The van der Waals surface area contributed by atoms with Crippen LogP contribution < -0.4 is 11.3 Å². The summed E-state index contributed by atoms with van der Waals surface area (Å²) in [6.45, 7) is 0. The van der Waals surface area contributed by atoms with E-state index < -0.39 is 5.82 Å². The van der Waals surface area contributed by atoms with Gasteiger partial charge in [-0.15, -0.1) is 0 Å². The van der Waals surface area contributed by atoms with Crippen LogP contribution in [0.15, 0.2) is 47.3 Å². The van der Waals surface area contributed by atoms with E-state index >= 15 is 0 Å². The van der Waals surface area contributed by atoms with Crippen LogP contribution in [0, 0.1) is 5.82 Å². The van der Waals surface area contributed by atoms with Gasteiger partial charge >= 0.3 is 0 Å². The quantitative estimate of drug-likeness (QED) is 0.684. The molecule has 3 aromatic rings. The molecule has 18 heavy (non-hydrogen) atoms. The maximum atomic E-state index is 13.3. The first-order valence-corrected chi connectivity index (χ1v) is 6.10. The van der Waals surface area contributed by atoms with Crippen molar-refractivity contribution in [3.63, 3.8) is 0 Å². The number of aromatic nitrogens is 1. The van der Waals surface area contributed by atoms with Crippen molar-refractivity contribution in [2.45, 2.75) is 0 Å². The second-order valence-corrected chi connectivity index (χ2v) is 4.92. The third-order valence-electron chi connectivity index (χ3n) is 2.63. The molecule has 2 aromatic carbocycles. The molecule has 1 heterocycles. The second-order valence-electron chi connectivity index (χ2n) is 3.93. The molecule has 0 fully saturated rings. The summed E-state index contributed by atoms with van der Waals surface area (Å²) in [5.74, 6) is -0.450. The van der Waals surface area contributed by atoms with E-state index in [1.54, 1.807) is 18.2 Å². The summed E-state index contributed by atoms with van der Waals surface area (Å²) < 4.78 is 15.6. The molecule has 90 valence electrons. The highest BCUT2D eigenvalue weighted by Gasteiger charge is 2.09. The Balaban J connectivity index is 2.31. The van der Waals surface area contributed by atoms with Crippen molar-refractivity contribution in [1.29, 1.82) is 0 Å². The maximum Gasteiger partial charge on any atom is 0.273 e. The number of hydrogen-bond donors (Lipinski definition) is 1. The van der Waals surface area contributed by atoms with Crippen LogP contribution in [0.5, 0.6) is 0 Å². The van der Waals surface area contributed by atoms with Gasteiger partial charge in [0.15, 0.2) is 0 Å². The zero-order valence-electron chi connectivity index (χ0n) is 9.26. The fourth-order valence-electron chi connectivity index (χ4n) is 1.86. The Hall–Kier alpha value is -2.14. The molecule has 2 N–H and O–H groups in total. The van der Waals surface area contributed by atoms with E-state index in [0.29, 0.717) is 16.8 Å². The fourth-order valence-corrected chi connectivity index (χ4v) is 2.84. The molecule has 3 nitrogen and oxygen atoms in total. The highest BCUT2D eigenvalue weighted by molar-refractivity contribution is 7.14. The molecule has 0 atom stereocenters. The summed E-state index contributed by atoms with van der Waals surface area (Å²) in [6, 6.07) is 11.4. The molecule has 0 spiro atoms. The first kappa shape index (κ1) is 11.0. The predicted octanol–water partition coefficient (Wildman–Crippen LogP) is 2.77. The zero-order chi connectivity index (χ0) is 12.7. The average Bonchev–Trinajstić information content (AvgIpc) is 2.66. The lowest BCUT2D eigenvalue weighted by molar-refractivity contribution is 0.627. The Morgan fingerprint density at radius 1 is 1.17 bits per heavy atom. The lowest BCUT2D eigenvalue weighted by Gasteiger charge is -2.02. The van der Waals surface area contributed by atoms with Crippen molar-refractivity contribution in [3.05, 3.63) is 58.6 Å². The van der Waals surface area contributed by atoms with Crippen LogP contribution >= 0.6 is 11.5 Å². The van der Waals surface area contributed by atoms with Gasteiger partial charge in [0, 0.05) is 5.69 Å². The Morgan fingerprint density at radius 3 is 2.67 bits per heavy atom. The average molecular weight is 260 g/mol. The first-order valence-electron chi connectivity index (χ1n) is 5.33. The summed E-state index contributed by atoms with van der Waals surface area (Å²) in [4.78, 5) is 12.2. The second kappa shape index (κ2) is 3.96. The van der Waals surface area contributed by atoms with Gasteiger partial charge < -0.3 is 5.73 Å². The van der Waals surface area contributed by atoms with E-state index in [4.69, 9.17) is 5.73 Å².